The van der Waals surface area contributed by atoms with Gasteiger partial charge in [-0.05, 0) is 69.8 Å². The minimum absolute atomic E-state index is 0.188. The second-order valence-electron chi connectivity index (χ2n) is 7.39. The molecule has 0 aromatic carbocycles. The third-order valence-corrected chi connectivity index (χ3v) is 4.90. The van der Waals surface area contributed by atoms with Crippen molar-refractivity contribution >= 4 is 29.2 Å². The zero-order valence-corrected chi connectivity index (χ0v) is 19.5. The van der Waals surface area contributed by atoms with Crippen LogP contribution in [0.5, 0.6) is 0 Å². The van der Waals surface area contributed by atoms with Crippen LogP contribution in [-0.2, 0) is 9.53 Å². The van der Waals surface area contributed by atoms with E-state index >= 15 is 0 Å². The van der Waals surface area contributed by atoms with Crippen molar-refractivity contribution in [1.82, 2.24) is 0 Å². The fourth-order valence-electron chi connectivity index (χ4n) is 2.19. The van der Waals surface area contributed by atoms with Crippen LogP contribution >= 0.6 is 11.6 Å². The number of hydrogen-bond acceptors (Lipinski definition) is 3. The van der Waals surface area contributed by atoms with Gasteiger partial charge in [0.1, 0.15) is 5.76 Å². The number of rotatable bonds is 11. The highest BCUT2D eigenvalue weighted by atomic mass is 35.5. The fourth-order valence-corrected chi connectivity index (χ4v) is 2.44. The summed E-state index contributed by atoms with van der Waals surface area (Å²) in [7, 11) is 0. The third-order valence-electron chi connectivity index (χ3n) is 4.56. The number of amidine groups is 2. The molecule has 31 heavy (non-hydrogen) atoms. The predicted octanol–water partition coefficient (Wildman–Crippen LogP) is 5.30. The van der Waals surface area contributed by atoms with E-state index in [4.69, 9.17) is 27.2 Å². The number of carbonyl (C=O) groups is 1. The number of ether oxygens (including phenoxy) is 1. The number of halogens is 1. The number of aliphatic carboxylic acids is 1. The Labute approximate surface area is 189 Å². The van der Waals surface area contributed by atoms with Gasteiger partial charge in [-0.15, -0.1) is 0 Å². The standard InChI is InChI=1S/C24H32ClN3O3/c1-7-20(9-8-16(3)31-14-21-10-11-21)13-27-23(28-19(6)26)18(5)22(25)12-15(2)17(4)24(29)30/h7-9,12,21H,3,5,10-11,13-14H2,1-2,4,6H3,(H,29,30)(H2,26,27,28)/b9-8-,17-15+,20-7+,22-12+. The van der Waals surface area contributed by atoms with Crippen LogP contribution in [0.1, 0.15) is 40.5 Å². The monoisotopic (exact) mass is 445 g/mol. The molecule has 168 valence electrons. The van der Waals surface area contributed by atoms with Gasteiger partial charge in [0.15, 0.2) is 5.84 Å². The predicted molar refractivity (Wildman–Crippen MR) is 129 cm³/mol. The van der Waals surface area contributed by atoms with Crippen LogP contribution in [0.15, 0.2) is 80.5 Å². The van der Waals surface area contributed by atoms with Crippen molar-refractivity contribution in [1.29, 1.82) is 0 Å². The Balaban J connectivity index is 2.97. The first kappa shape index (κ1) is 26.2. The molecule has 3 N–H and O–H groups in total. The van der Waals surface area contributed by atoms with Crippen LogP contribution in [0.4, 0.5) is 0 Å². The van der Waals surface area contributed by atoms with Crippen molar-refractivity contribution in [3.05, 3.63) is 70.5 Å². The zero-order chi connectivity index (χ0) is 23.6. The first-order valence-electron chi connectivity index (χ1n) is 10.0. The van der Waals surface area contributed by atoms with E-state index in [-0.39, 0.29) is 16.4 Å². The molecule has 0 saturated heterocycles. The van der Waals surface area contributed by atoms with E-state index in [2.05, 4.69) is 23.1 Å². The summed E-state index contributed by atoms with van der Waals surface area (Å²) in [5.74, 6) is 0.840. The van der Waals surface area contributed by atoms with Crippen molar-refractivity contribution in [3.63, 3.8) is 0 Å². The quantitative estimate of drug-likeness (QED) is 0.148. The summed E-state index contributed by atoms with van der Waals surface area (Å²) in [6.45, 7) is 15.6. The van der Waals surface area contributed by atoms with Crippen LogP contribution in [0, 0.1) is 5.92 Å². The smallest absolute Gasteiger partial charge is 0.331 e. The number of nitrogens with zero attached hydrogens (tertiary/aromatic N) is 2. The van der Waals surface area contributed by atoms with Crippen molar-refractivity contribution in [2.45, 2.75) is 40.5 Å². The van der Waals surface area contributed by atoms with E-state index < -0.39 is 5.97 Å². The molecule has 0 unspecified atom stereocenters. The summed E-state index contributed by atoms with van der Waals surface area (Å²) < 4.78 is 5.61. The second kappa shape index (κ2) is 12.7. The minimum Gasteiger partial charge on any atom is -0.494 e. The summed E-state index contributed by atoms with van der Waals surface area (Å²) >= 11 is 6.36. The average Bonchev–Trinajstić information content (AvgIpc) is 3.54. The summed E-state index contributed by atoms with van der Waals surface area (Å²) in [5.41, 5.74) is 7.71. The lowest BCUT2D eigenvalue weighted by molar-refractivity contribution is -0.132. The Morgan fingerprint density at radius 3 is 2.42 bits per heavy atom. The molecule has 6 nitrogen and oxygen atoms in total. The van der Waals surface area contributed by atoms with Gasteiger partial charge < -0.3 is 15.6 Å². The van der Waals surface area contributed by atoms with Crippen molar-refractivity contribution in [2.24, 2.45) is 21.6 Å². The van der Waals surface area contributed by atoms with Gasteiger partial charge in [-0.25, -0.2) is 9.79 Å². The molecule has 7 heteroatoms. The van der Waals surface area contributed by atoms with Crippen LogP contribution in [0.25, 0.3) is 0 Å². The molecule has 1 rings (SSSR count). The molecular weight excluding hydrogens is 414 g/mol. The number of carboxylic acids is 1. The molecule has 1 aliphatic rings. The Morgan fingerprint density at radius 2 is 1.90 bits per heavy atom. The lowest BCUT2D eigenvalue weighted by Gasteiger charge is -2.08. The highest BCUT2D eigenvalue weighted by Gasteiger charge is 2.21. The third kappa shape index (κ3) is 10.1. The van der Waals surface area contributed by atoms with Crippen molar-refractivity contribution in [2.75, 3.05) is 13.2 Å². The molecule has 0 spiro atoms. The van der Waals surface area contributed by atoms with Gasteiger partial charge in [-0.2, -0.15) is 0 Å². The van der Waals surface area contributed by atoms with E-state index in [1.807, 2.05) is 25.2 Å². The molecule has 0 aliphatic heterocycles. The maximum absolute atomic E-state index is 11.1. The van der Waals surface area contributed by atoms with E-state index in [0.29, 0.717) is 41.8 Å². The molecular formula is C24H32ClN3O3. The number of aliphatic imine (C=N–C) groups is 2. The van der Waals surface area contributed by atoms with Gasteiger partial charge >= 0.3 is 5.97 Å². The largest absolute Gasteiger partial charge is 0.494 e. The lowest BCUT2D eigenvalue weighted by Crippen LogP contribution is -2.11. The highest BCUT2D eigenvalue weighted by Crippen LogP contribution is 2.29. The normalized spacial score (nSPS) is 16.9. The topological polar surface area (TPSA) is 97.3 Å². The highest BCUT2D eigenvalue weighted by molar-refractivity contribution is 6.36. The first-order chi connectivity index (χ1) is 14.5. The summed E-state index contributed by atoms with van der Waals surface area (Å²) in [6.07, 6.45) is 9.60. The molecule has 0 radical (unpaired) electrons. The van der Waals surface area contributed by atoms with E-state index in [1.54, 1.807) is 13.8 Å². The lowest BCUT2D eigenvalue weighted by atomic mass is 10.1. The van der Waals surface area contributed by atoms with E-state index in [1.165, 1.54) is 25.8 Å². The SMILES string of the molecule is C=C(/C=C\C(=C/C)C/N=C(\N=C(/C)N)C(=C)/C(Cl)=C\C(C)=C(/C)C(=O)O)OCC1CC1. The van der Waals surface area contributed by atoms with Crippen LogP contribution in [-0.4, -0.2) is 35.9 Å². The minimum atomic E-state index is -1.01. The van der Waals surface area contributed by atoms with Crippen LogP contribution in [0.3, 0.4) is 0 Å². The summed E-state index contributed by atoms with van der Waals surface area (Å²) in [4.78, 5) is 19.9. The van der Waals surface area contributed by atoms with Gasteiger partial charge in [-0.3, -0.25) is 4.99 Å². The second-order valence-corrected chi connectivity index (χ2v) is 7.80. The van der Waals surface area contributed by atoms with Crippen LogP contribution in [0.2, 0.25) is 0 Å². The van der Waals surface area contributed by atoms with Gasteiger partial charge in [0, 0.05) is 11.1 Å². The number of hydrogen-bond donors (Lipinski definition) is 2. The summed E-state index contributed by atoms with van der Waals surface area (Å²) in [6, 6.07) is 0. The molecule has 0 heterocycles. The van der Waals surface area contributed by atoms with Crippen molar-refractivity contribution in [3.8, 4) is 0 Å². The molecule has 0 atom stereocenters. The Kier molecular flexibility index (Phi) is 10.8. The fraction of sp³-hybridized carbons (Fsp3) is 0.375. The number of allylic oxidation sites excluding steroid dienone is 4. The number of nitrogens with two attached hydrogens (primary N) is 1. The van der Waals surface area contributed by atoms with Gasteiger partial charge in [-0.1, -0.05) is 36.9 Å². The summed E-state index contributed by atoms with van der Waals surface area (Å²) in [5, 5.41) is 9.35. The Morgan fingerprint density at radius 1 is 1.26 bits per heavy atom. The van der Waals surface area contributed by atoms with Gasteiger partial charge in [0.25, 0.3) is 0 Å². The maximum atomic E-state index is 11.1. The first-order valence-corrected chi connectivity index (χ1v) is 10.4. The van der Waals surface area contributed by atoms with Crippen molar-refractivity contribution < 1.29 is 14.6 Å². The molecule has 0 bridgehead atoms. The number of carboxylic acid groups (broad SMARTS) is 1. The molecule has 1 saturated carbocycles. The van der Waals surface area contributed by atoms with E-state index in [9.17, 15) is 4.79 Å². The maximum Gasteiger partial charge on any atom is 0.331 e. The van der Waals surface area contributed by atoms with Gasteiger partial charge in [0.05, 0.1) is 24.0 Å². The molecule has 0 aromatic rings. The van der Waals surface area contributed by atoms with Crippen LogP contribution < -0.4 is 5.73 Å². The molecule has 1 fully saturated rings. The van der Waals surface area contributed by atoms with Gasteiger partial charge in [0.2, 0.25) is 0 Å². The zero-order valence-electron chi connectivity index (χ0n) is 18.7. The Bertz CT molecular complexity index is 897. The molecule has 0 aromatic heterocycles. The average molecular weight is 446 g/mol. The molecule has 1 aliphatic carbocycles. The molecule has 0 amide bonds. The van der Waals surface area contributed by atoms with E-state index in [0.717, 1.165) is 5.57 Å². The Hall–Kier alpha value is -2.86.